The van der Waals surface area contributed by atoms with Gasteiger partial charge in [0.2, 0.25) is 0 Å². The Labute approximate surface area is 91.3 Å². The fourth-order valence-electron chi connectivity index (χ4n) is 0.845. The lowest BCUT2D eigenvalue weighted by Gasteiger charge is -2.21. The highest BCUT2D eigenvalue weighted by molar-refractivity contribution is 5.68. The summed E-state index contributed by atoms with van der Waals surface area (Å²) in [6.45, 7) is 7.88. The van der Waals surface area contributed by atoms with E-state index in [1.165, 1.54) is 0 Å². The van der Waals surface area contributed by atoms with Crippen molar-refractivity contribution in [1.82, 2.24) is 5.32 Å². The SMILES string of the molecule is C#CCOCC(C)NC(=O)OC(C)(C)C. The minimum Gasteiger partial charge on any atom is -0.444 e. The quantitative estimate of drug-likeness (QED) is 0.569. The van der Waals surface area contributed by atoms with E-state index in [0.717, 1.165) is 0 Å². The van der Waals surface area contributed by atoms with Crippen LogP contribution in [-0.2, 0) is 9.47 Å². The third-order valence-corrected chi connectivity index (χ3v) is 1.32. The van der Waals surface area contributed by atoms with Gasteiger partial charge in [-0.05, 0) is 27.7 Å². The first-order valence-electron chi connectivity index (χ1n) is 4.86. The standard InChI is InChI=1S/C11H19NO3/c1-6-7-14-8-9(2)12-10(13)15-11(3,4)5/h1,9H,7-8H2,2-5H3,(H,12,13). The highest BCUT2D eigenvalue weighted by atomic mass is 16.6. The summed E-state index contributed by atoms with van der Waals surface area (Å²) in [6.07, 6.45) is 4.57. The van der Waals surface area contributed by atoms with Crippen LogP contribution in [-0.4, -0.2) is 30.9 Å². The third-order valence-electron chi connectivity index (χ3n) is 1.32. The Bertz CT molecular complexity index is 237. The highest BCUT2D eigenvalue weighted by Gasteiger charge is 2.17. The van der Waals surface area contributed by atoms with Crippen LogP contribution in [0.5, 0.6) is 0 Å². The number of alkyl carbamates (subject to hydrolysis) is 1. The largest absolute Gasteiger partial charge is 0.444 e. The molecule has 0 bridgehead atoms. The molecule has 1 unspecified atom stereocenters. The number of amides is 1. The van der Waals surface area contributed by atoms with E-state index in [0.29, 0.717) is 6.61 Å². The van der Waals surface area contributed by atoms with Gasteiger partial charge in [0.05, 0.1) is 12.6 Å². The van der Waals surface area contributed by atoms with E-state index in [9.17, 15) is 4.79 Å². The van der Waals surface area contributed by atoms with Crippen molar-refractivity contribution in [3.05, 3.63) is 0 Å². The van der Waals surface area contributed by atoms with Crippen LogP contribution in [0.1, 0.15) is 27.7 Å². The second kappa shape index (κ2) is 6.31. The van der Waals surface area contributed by atoms with E-state index in [1.807, 2.05) is 27.7 Å². The van der Waals surface area contributed by atoms with Crippen molar-refractivity contribution in [3.63, 3.8) is 0 Å². The molecule has 0 aromatic heterocycles. The minimum atomic E-state index is -0.483. The molecule has 4 nitrogen and oxygen atoms in total. The van der Waals surface area contributed by atoms with Gasteiger partial charge in [-0.3, -0.25) is 0 Å². The van der Waals surface area contributed by atoms with Crippen molar-refractivity contribution in [1.29, 1.82) is 0 Å². The lowest BCUT2D eigenvalue weighted by molar-refractivity contribution is 0.0468. The molecule has 0 radical (unpaired) electrons. The van der Waals surface area contributed by atoms with Gasteiger partial charge in [0.25, 0.3) is 0 Å². The van der Waals surface area contributed by atoms with Gasteiger partial charge in [-0.15, -0.1) is 6.42 Å². The molecule has 0 spiro atoms. The summed E-state index contributed by atoms with van der Waals surface area (Å²) in [6, 6.07) is -0.117. The number of rotatable bonds is 4. The van der Waals surface area contributed by atoms with Crippen LogP contribution in [0.2, 0.25) is 0 Å². The van der Waals surface area contributed by atoms with Crippen LogP contribution < -0.4 is 5.32 Å². The number of ether oxygens (including phenoxy) is 2. The number of hydrogen-bond acceptors (Lipinski definition) is 3. The van der Waals surface area contributed by atoms with Gasteiger partial charge in [0.15, 0.2) is 0 Å². The predicted molar refractivity (Wildman–Crippen MR) is 58.5 cm³/mol. The number of hydrogen-bond donors (Lipinski definition) is 1. The summed E-state index contributed by atoms with van der Waals surface area (Å²) < 4.78 is 10.1. The average molecular weight is 213 g/mol. The predicted octanol–water partition coefficient (Wildman–Crippen LogP) is 1.55. The first kappa shape index (κ1) is 13.8. The van der Waals surface area contributed by atoms with Gasteiger partial charge in [-0.25, -0.2) is 4.79 Å². The van der Waals surface area contributed by atoms with Crippen molar-refractivity contribution in [2.24, 2.45) is 0 Å². The van der Waals surface area contributed by atoms with Gasteiger partial charge in [-0.2, -0.15) is 0 Å². The molecule has 0 rings (SSSR count). The number of nitrogens with one attached hydrogen (secondary N) is 1. The Kier molecular flexibility index (Phi) is 5.80. The molecule has 0 fully saturated rings. The zero-order valence-electron chi connectivity index (χ0n) is 9.79. The van der Waals surface area contributed by atoms with E-state index in [4.69, 9.17) is 15.9 Å². The molecular weight excluding hydrogens is 194 g/mol. The van der Waals surface area contributed by atoms with E-state index in [-0.39, 0.29) is 12.6 Å². The topological polar surface area (TPSA) is 47.6 Å². The van der Waals surface area contributed by atoms with Gasteiger partial charge < -0.3 is 14.8 Å². The second-order valence-electron chi connectivity index (χ2n) is 4.27. The Morgan fingerprint density at radius 2 is 2.13 bits per heavy atom. The van der Waals surface area contributed by atoms with Gasteiger partial charge in [0.1, 0.15) is 12.2 Å². The molecule has 1 atom stereocenters. The van der Waals surface area contributed by atoms with Crippen molar-refractivity contribution in [2.75, 3.05) is 13.2 Å². The van der Waals surface area contributed by atoms with Gasteiger partial charge in [0, 0.05) is 0 Å². The molecule has 0 heterocycles. The van der Waals surface area contributed by atoms with Crippen LogP contribution >= 0.6 is 0 Å². The van der Waals surface area contributed by atoms with Gasteiger partial charge >= 0.3 is 6.09 Å². The molecule has 0 aromatic rings. The van der Waals surface area contributed by atoms with Crippen LogP contribution in [0.4, 0.5) is 4.79 Å². The lowest BCUT2D eigenvalue weighted by Crippen LogP contribution is -2.39. The summed E-state index contributed by atoms with van der Waals surface area (Å²) in [5.74, 6) is 2.35. The maximum Gasteiger partial charge on any atom is 0.407 e. The molecule has 1 N–H and O–H groups in total. The normalized spacial score (nSPS) is 12.7. The van der Waals surface area contributed by atoms with Crippen molar-refractivity contribution in [3.8, 4) is 12.3 Å². The molecule has 0 saturated heterocycles. The zero-order valence-corrected chi connectivity index (χ0v) is 9.79. The lowest BCUT2D eigenvalue weighted by atomic mass is 10.2. The maximum absolute atomic E-state index is 11.3. The molecule has 0 aliphatic carbocycles. The molecule has 0 saturated carbocycles. The van der Waals surface area contributed by atoms with Crippen LogP contribution in [0.3, 0.4) is 0 Å². The Morgan fingerprint density at radius 1 is 1.53 bits per heavy atom. The van der Waals surface area contributed by atoms with Crippen molar-refractivity contribution in [2.45, 2.75) is 39.3 Å². The monoisotopic (exact) mass is 213 g/mol. The Hall–Kier alpha value is -1.21. The van der Waals surface area contributed by atoms with Crippen LogP contribution in [0, 0.1) is 12.3 Å². The molecule has 0 aliphatic heterocycles. The fraction of sp³-hybridized carbons (Fsp3) is 0.727. The summed E-state index contributed by atoms with van der Waals surface area (Å²) in [5, 5.41) is 2.64. The first-order chi connectivity index (χ1) is 6.85. The molecule has 0 aromatic carbocycles. The van der Waals surface area contributed by atoms with E-state index >= 15 is 0 Å². The summed E-state index contributed by atoms with van der Waals surface area (Å²) >= 11 is 0. The van der Waals surface area contributed by atoms with E-state index in [2.05, 4.69) is 11.2 Å². The van der Waals surface area contributed by atoms with Crippen molar-refractivity contribution < 1.29 is 14.3 Å². The van der Waals surface area contributed by atoms with Gasteiger partial charge in [-0.1, -0.05) is 5.92 Å². The molecule has 1 amide bonds. The van der Waals surface area contributed by atoms with Crippen molar-refractivity contribution >= 4 is 6.09 Å². The molecule has 86 valence electrons. The molecular formula is C11H19NO3. The van der Waals surface area contributed by atoms with E-state index < -0.39 is 11.7 Å². The highest BCUT2D eigenvalue weighted by Crippen LogP contribution is 2.06. The third kappa shape index (κ3) is 9.10. The smallest absolute Gasteiger partial charge is 0.407 e. The maximum atomic E-state index is 11.3. The number of terminal acetylenes is 1. The molecule has 4 heteroatoms. The first-order valence-corrected chi connectivity index (χ1v) is 4.86. The Morgan fingerprint density at radius 3 is 2.60 bits per heavy atom. The summed E-state index contributed by atoms with van der Waals surface area (Å²) in [4.78, 5) is 11.3. The van der Waals surface area contributed by atoms with Crippen LogP contribution in [0.15, 0.2) is 0 Å². The summed E-state index contributed by atoms with van der Waals surface area (Å²) in [7, 11) is 0. The average Bonchev–Trinajstić information content (AvgIpc) is 2.00. The number of carbonyl (C=O) groups is 1. The number of carbonyl (C=O) groups excluding carboxylic acids is 1. The van der Waals surface area contributed by atoms with E-state index in [1.54, 1.807) is 0 Å². The summed E-state index contributed by atoms with van der Waals surface area (Å²) in [5.41, 5.74) is -0.483. The fourth-order valence-corrected chi connectivity index (χ4v) is 0.845. The molecule has 0 aliphatic rings. The second-order valence-corrected chi connectivity index (χ2v) is 4.27. The Balaban J connectivity index is 3.73. The zero-order chi connectivity index (χ0) is 11.9. The van der Waals surface area contributed by atoms with Crippen LogP contribution in [0.25, 0.3) is 0 Å². The minimum absolute atomic E-state index is 0.117. The molecule has 15 heavy (non-hydrogen) atoms.